The Balaban J connectivity index is 0.841. The largest absolute Gasteiger partial charge is 0.508 e. The van der Waals surface area contributed by atoms with Crippen LogP contribution < -0.4 is 47.3 Å². The van der Waals surface area contributed by atoms with Gasteiger partial charge in [-0.1, -0.05) is 24.3 Å². The van der Waals surface area contributed by atoms with E-state index in [1.807, 2.05) is 19.1 Å². The van der Waals surface area contributed by atoms with Gasteiger partial charge >= 0.3 is 5.97 Å². The number of hydrogen-bond donors (Lipinski definition) is 13. The summed E-state index contributed by atoms with van der Waals surface area (Å²) in [5.41, 5.74) is 1.92. The van der Waals surface area contributed by atoms with Crippen molar-refractivity contribution in [3.8, 4) is 23.0 Å². The van der Waals surface area contributed by atoms with Crippen molar-refractivity contribution in [3.05, 3.63) is 107 Å². The SMILES string of the molecule is CC1NC(=O)C(CC2(C)SCC(CNC(=S)Nc3ccc4c(c3)C(=O)OC43c4ccc(O)cc4Oc4cc(O)ccc43)S2)NC(=O)C2Cc3c([nH]c4ccccc34)SCC(NC(=O)C(C(C)O)NC1=O)C(=O)N1CC(O)CC1C(=O)NC(C)C(=O)N2. The number of hydrogen-bond acceptors (Lipinski definition) is 18. The summed E-state index contributed by atoms with van der Waals surface area (Å²) < 4.78 is 11.5. The van der Waals surface area contributed by atoms with E-state index in [1.54, 1.807) is 42.5 Å². The average molecular weight is 1250 g/mol. The quantitative estimate of drug-likeness (QED) is 0.0854. The molecule has 2 fully saturated rings. The number of nitrogens with zero attached hydrogens (tertiary/aromatic N) is 1. The van der Waals surface area contributed by atoms with Crippen LogP contribution in [0.25, 0.3) is 10.9 Å². The molecular weight excluding hydrogens is 1190 g/mol. The second kappa shape index (κ2) is 23.8. The number of aromatic nitrogens is 1. The summed E-state index contributed by atoms with van der Waals surface area (Å²) in [7, 11) is 0. The Bertz CT molecular complexity index is 3590. The van der Waals surface area contributed by atoms with Crippen molar-refractivity contribution in [2.45, 2.75) is 121 Å². The number of thiocarbonyl (C=S) groups is 1. The average Bonchev–Trinajstić information content (AvgIpc) is 1.47. The smallest absolute Gasteiger partial charge is 0.340 e. The van der Waals surface area contributed by atoms with E-state index in [0.29, 0.717) is 56.2 Å². The molecule has 7 heterocycles. The van der Waals surface area contributed by atoms with E-state index in [4.69, 9.17) is 21.7 Å². The number of amides is 7. The third-order valence-electron chi connectivity index (χ3n) is 16.0. The number of carbonyl (C=O) groups is 8. The van der Waals surface area contributed by atoms with E-state index in [-0.39, 0.29) is 70.5 Å². The Morgan fingerprint density at radius 2 is 1.44 bits per heavy atom. The molecule has 0 saturated carbocycles. The van der Waals surface area contributed by atoms with Crippen LogP contribution in [0.1, 0.15) is 73.1 Å². The standard InChI is InChI=1S/C58H62N10O14S4/c1-25-47(73)63-40-19-34-33-7-5-6-8-39(33)66-53(34)84-24-42(54(79)68-22-31(72)16-43(68)51(77)61-25)65-52(78)46(27(3)69)67-48(74)26(2)60-50(76)41(64-49(40)75)20-57(4)85-23-32(86-57)21-59-56(83)62-28-9-12-36-35(15-28)55(80)82-58(36)37-13-10-29(70)17-44(37)81-45-18-30(71)11-14-38(45)58/h5-15,17-18,25-27,31-32,40-43,46,66,69-72H,16,19-24H2,1-4H3,(H,60,76)(H,61,77)(H,63,73)(H,64,75)(H,65,78)(H,67,74)(H2,59,62,83). The number of benzene rings is 4. The molecule has 5 aromatic rings. The van der Waals surface area contributed by atoms with Gasteiger partial charge in [0.2, 0.25) is 41.4 Å². The van der Waals surface area contributed by atoms with Gasteiger partial charge in [-0.15, -0.1) is 35.3 Å². The fraction of sp³-hybridized carbons (Fsp3) is 0.397. The molecule has 0 aliphatic carbocycles. The van der Waals surface area contributed by atoms with Gasteiger partial charge in [-0.3, -0.25) is 33.6 Å². The Kier molecular flexibility index (Phi) is 16.6. The van der Waals surface area contributed by atoms with Crippen LogP contribution in [-0.2, 0) is 50.3 Å². The summed E-state index contributed by atoms with van der Waals surface area (Å²) in [5.74, 6) is -5.59. The lowest BCUT2D eigenvalue weighted by Gasteiger charge is -2.36. The molecule has 2 bridgehead atoms. The van der Waals surface area contributed by atoms with Gasteiger partial charge in [-0.2, -0.15) is 0 Å². The molecular formula is C58H62N10O14S4. The number of thioether (sulfide) groups is 3. The highest BCUT2D eigenvalue weighted by Crippen LogP contribution is 2.57. The van der Waals surface area contributed by atoms with Gasteiger partial charge in [0.15, 0.2) is 10.7 Å². The van der Waals surface area contributed by atoms with Crippen molar-refractivity contribution in [1.82, 2.24) is 47.1 Å². The summed E-state index contributed by atoms with van der Waals surface area (Å²) >= 11 is 9.92. The molecule has 11 unspecified atom stereocenters. The Labute approximate surface area is 510 Å². The number of rotatable bonds is 6. The number of aliphatic hydroxyl groups excluding tert-OH is 2. The summed E-state index contributed by atoms with van der Waals surface area (Å²) in [5, 5.41) is 66.3. The zero-order chi connectivity index (χ0) is 61.1. The molecule has 7 amide bonds. The zero-order valence-electron chi connectivity index (χ0n) is 46.7. The minimum absolute atomic E-state index is 0.0112. The predicted molar refractivity (Wildman–Crippen MR) is 323 cm³/mol. The van der Waals surface area contributed by atoms with Crippen molar-refractivity contribution in [3.63, 3.8) is 0 Å². The lowest BCUT2D eigenvalue weighted by atomic mass is 9.77. The normalized spacial score (nSPS) is 27.9. The highest BCUT2D eigenvalue weighted by molar-refractivity contribution is 8.21. The molecule has 86 heavy (non-hydrogen) atoms. The lowest BCUT2D eigenvalue weighted by Crippen LogP contribution is -2.61. The maximum absolute atomic E-state index is 15.1. The summed E-state index contributed by atoms with van der Waals surface area (Å²) in [4.78, 5) is 119. The highest BCUT2D eigenvalue weighted by atomic mass is 32.2. The second-order valence-corrected chi connectivity index (χ2v) is 27.3. The van der Waals surface area contributed by atoms with Gasteiger partial charge in [0.25, 0.3) is 0 Å². The number of para-hydroxylation sites is 1. The number of ether oxygens (including phenoxy) is 2. The van der Waals surface area contributed by atoms with Crippen molar-refractivity contribution in [1.29, 1.82) is 0 Å². The molecule has 13 N–H and O–H groups in total. The molecule has 0 radical (unpaired) electrons. The van der Waals surface area contributed by atoms with Gasteiger partial charge in [0, 0.05) is 94.5 Å². The van der Waals surface area contributed by atoms with Crippen molar-refractivity contribution in [2.24, 2.45) is 0 Å². The predicted octanol–water partition coefficient (Wildman–Crippen LogP) is 2.04. The van der Waals surface area contributed by atoms with Crippen LogP contribution in [0.4, 0.5) is 5.69 Å². The summed E-state index contributed by atoms with van der Waals surface area (Å²) in [6.07, 6.45) is -3.03. The van der Waals surface area contributed by atoms with Crippen LogP contribution in [0.2, 0.25) is 0 Å². The molecule has 6 aliphatic heterocycles. The number of H-pyrrole nitrogens is 1. The first kappa shape index (κ1) is 59.9. The maximum atomic E-state index is 15.1. The van der Waals surface area contributed by atoms with Crippen LogP contribution in [0, 0.1) is 0 Å². The van der Waals surface area contributed by atoms with Crippen LogP contribution >= 0.6 is 47.5 Å². The van der Waals surface area contributed by atoms with E-state index >= 15 is 4.79 Å². The Morgan fingerprint density at radius 1 is 0.779 bits per heavy atom. The topological polar surface area (TPSA) is 351 Å². The fourth-order valence-corrected chi connectivity index (χ4v) is 16.4. The number of phenols is 2. The van der Waals surface area contributed by atoms with Crippen molar-refractivity contribution >= 4 is 117 Å². The van der Waals surface area contributed by atoms with Gasteiger partial charge in [0.05, 0.1) is 26.9 Å². The molecule has 11 atom stereocenters. The number of aliphatic hydroxyl groups is 2. The summed E-state index contributed by atoms with van der Waals surface area (Å²) in [6.45, 7) is 6.00. The van der Waals surface area contributed by atoms with Crippen molar-refractivity contribution in [2.75, 3.05) is 29.9 Å². The molecule has 11 rings (SSSR count). The molecule has 452 valence electrons. The van der Waals surface area contributed by atoms with Gasteiger partial charge in [-0.25, -0.2) is 4.79 Å². The molecule has 6 aliphatic rings. The van der Waals surface area contributed by atoms with Crippen LogP contribution in [0.3, 0.4) is 0 Å². The summed E-state index contributed by atoms with van der Waals surface area (Å²) in [6, 6.07) is 11.6. The second-order valence-electron chi connectivity index (χ2n) is 22.3. The van der Waals surface area contributed by atoms with E-state index in [2.05, 4.69) is 47.5 Å². The Morgan fingerprint density at radius 3 is 2.15 bits per heavy atom. The van der Waals surface area contributed by atoms with Crippen LogP contribution in [0.15, 0.2) is 83.9 Å². The number of esters is 1. The van der Waals surface area contributed by atoms with E-state index in [0.717, 1.165) is 16.7 Å². The molecule has 1 aromatic heterocycles. The number of aromatic amines is 1. The first-order valence-electron chi connectivity index (χ1n) is 27.8. The van der Waals surface area contributed by atoms with Crippen LogP contribution in [-0.4, -0.2) is 171 Å². The molecule has 4 aromatic carbocycles. The van der Waals surface area contributed by atoms with Gasteiger partial charge in [0.1, 0.15) is 65.3 Å². The first-order valence-corrected chi connectivity index (χ1v) is 31.0. The molecule has 1 spiro atoms. The van der Waals surface area contributed by atoms with Gasteiger partial charge in [-0.05, 0) is 87.9 Å². The number of aromatic hydroxyl groups is 2. The van der Waals surface area contributed by atoms with Gasteiger partial charge < -0.3 is 82.3 Å². The zero-order valence-corrected chi connectivity index (χ0v) is 49.9. The number of nitrogens with one attached hydrogen (secondary N) is 9. The minimum Gasteiger partial charge on any atom is -0.508 e. The first-order chi connectivity index (χ1) is 41.0. The molecule has 28 heteroatoms. The van der Waals surface area contributed by atoms with E-state index in [9.17, 15) is 54.0 Å². The maximum Gasteiger partial charge on any atom is 0.340 e. The lowest BCUT2D eigenvalue weighted by molar-refractivity contribution is -0.142. The van der Waals surface area contributed by atoms with Crippen molar-refractivity contribution < 1.29 is 68.3 Å². The number of fused-ring (bicyclic) bond motifs is 11. The van der Waals surface area contributed by atoms with Crippen LogP contribution in [0.5, 0.6) is 23.0 Å². The Hall–Kier alpha value is -7.76. The third-order valence-corrected chi connectivity index (χ3v) is 20.9. The molecule has 2 saturated heterocycles. The highest BCUT2D eigenvalue weighted by Gasteiger charge is 2.54. The minimum atomic E-state index is -1.65. The van der Waals surface area contributed by atoms with E-state index < -0.39 is 112 Å². The third kappa shape index (κ3) is 11.8. The number of carbonyl (C=O) groups excluding carboxylic acids is 8. The number of anilines is 1. The van der Waals surface area contributed by atoms with E-state index in [1.165, 1.54) is 68.6 Å². The number of phenolic OH excluding ortho intramolecular Hbond substituents is 2. The monoisotopic (exact) mass is 1250 g/mol. The molecule has 24 nitrogen and oxygen atoms in total. The fourth-order valence-electron chi connectivity index (χ4n) is 11.7.